The topological polar surface area (TPSA) is 57.7 Å². The van der Waals surface area contributed by atoms with Gasteiger partial charge in [0.1, 0.15) is 10.7 Å². The molecule has 2 fully saturated rings. The molecular formula is C18H25FN2O3S. The highest BCUT2D eigenvalue weighted by molar-refractivity contribution is 7.89. The molecule has 2 aliphatic heterocycles. The van der Waals surface area contributed by atoms with Crippen molar-refractivity contribution >= 4 is 15.9 Å². The van der Waals surface area contributed by atoms with Gasteiger partial charge in [-0.15, -0.1) is 0 Å². The van der Waals surface area contributed by atoms with Gasteiger partial charge >= 0.3 is 0 Å². The second-order valence-corrected chi connectivity index (χ2v) is 8.83. The molecule has 0 N–H and O–H groups in total. The van der Waals surface area contributed by atoms with Gasteiger partial charge in [-0.1, -0.05) is 12.5 Å². The summed E-state index contributed by atoms with van der Waals surface area (Å²) in [5.74, 6) is -0.547. The first kappa shape index (κ1) is 18.3. The summed E-state index contributed by atoms with van der Waals surface area (Å²) in [7, 11) is -3.86. The Morgan fingerprint density at radius 1 is 1.20 bits per heavy atom. The number of carbonyl (C=O) groups excluding carboxylic acids is 1. The Labute approximate surface area is 148 Å². The number of nitrogens with zero attached hydrogens (tertiary/aromatic N) is 2. The van der Waals surface area contributed by atoms with Crippen molar-refractivity contribution in [3.05, 3.63) is 29.6 Å². The lowest BCUT2D eigenvalue weighted by Crippen LogP contribution is -2.45. The van der Waals surface area contributed by atoms with E-state index in [0.29, 0.717) is 31.5 Å². The van der Waals surface area contributed by atoms with Gasteiger partial charge in [0.2, 0.25) is 15.9 Å². The van der Waals surface area contributed by atoms with Crippen molar-refractivity contribution in [2.45, 2.75) is 56.4 Å². The number of benzene rings is 1. The van der Waals surface area contributed by atoms with E-state index in [0.717, 1.165) is 32.2 Å². The molecule has 5 nitrogen and oxygen atoms in total. The van der Waals surface area contributed by atoms with Crippen LogP contribution in [0.5, 0.6) is 0 Å². The lowest BCUT2D eigenvalue weighted by molar-refractivity contribution is -0.127. The van der Waals surface area contributed by atoms with Gasteiger partial charge in [-0.05, 0) is 50.3 Å². The number of likely N-dealkylation sites (tertiary alicyclic amines) is 1. The number of hydrogen-bond donors (Lipinski definition) is 0. The van der Waals surface area contributed by atoms with E-state index < -0.39 is 15.8 Å². The van der Waals surface area contributed by atoms with Crippen LogP contribution in [0, 0.1) is 12.7 Å². The van der Waals surface area contributed by atoms with Gasteiger partial charge in [0.15, 0.2) is 0 Å². The minimum atomic E-state index is -3.86. The fourth-order valence-electron chi connectivity index (χ4n) is 3.77. The number of piperidine rings is 1. The molecule has 138 valence electrons. The number of aryl methyl sites for hydroxylation is 1. The highest BCUT2D eigenvalue weighted by Gasteiger charge is 2.35. The molecule has 2 heterocycles. The Balaban J connectivity index is 1.78. The second kappa shape index (κ2) is 7.41. The van der Waals surface area contributed by atoms with Crippen LogP contribution in [0.2, 0.25) is 0 Å². The molecular weight excluding hydrogens is 343 g/mol. The second-order valence-electron chi connectivity index (χ2n) is 6.97. The van der Waals surface area contributed by atoms with Crippen molar-refractivity contribution in [3.63, 3.8) is 0 Å². The fourth-order valence-corrected chi connectivity index (χ4v) is 5.54. The zero-order valence-corrected chi connectivity index (χ0v) is 15.4. The van der Waals surface area contributed by atoms with Gasteiger partial charge in [0.25, 0.3) is 0 Å². The first-order chi connectivity index (χ1) is 11.9. The first-order valence-corrected chi connectivity index (χ1v) is 10.4. The molecule has 2 aliphatic rings. The molecule has 1 aromatic rings. The average Bonchev–Trinajstić information content (AvgIpc) is 2.98. The summed E-state index contributed by atoms with van der Waals surface area (Å²) >= 11 is 0. The Kier molecular flexibility index (Phi) is 5.43. The van der Waals surface area contributed by atoms with Crippen LogP contribution in [0.15, 0.2) is 23.1 Å². The monoisotopic (exact) mass is 368 g/mol. The molecule has 1 amide bonds. The summed E-state index contributed by atoms with van der Waals surface area (Å²) in [4.78, 5) is 13.3. The molecule has 3 rings (SSSR count). The quantitative estimate of drug-likeness (QED) is 0.803. The third kappa shape index (κ3) is 3.87. The summed E-state index contributed by atoms with van der Waals surface area (Å²) in [6.07, 6.45) is 4.57. The number of carbonyl (C=O) groups is 1. The fraction of sp³-hybridized carbons (Fsp3) is 0.611. The molecule has 0 unspecified atom stereocenters. The zero-order valence-electron chi connectivity index (χ0n) is 14.6. The smallest absolute Gasteiger partial charge is 0.246 e. The Morgan fingerprint density at radius 2 is 2.00 bits per heavy atom. The summed E-state index contributed by atoms with van der Waals surface area (Å²) < 4.78 is 41.7. The van der Waals surface area contributed by atoms with E-state index >= 15 is 0 Å². The predicted molar refractivity (Wildman–Crippen MR) is 93.1 cm³/mol. The van der Waals surface area contributed by atoms with Gasteiger partial charge in [0.05, 0.1) is 0 Å². The SMILES string of the molecule is Cc1ccc(S(=O)(=O)N2CCCC[C@H]2CCN2CCCC2=O)c(F)c1. The molecule has 25 heavy (non-hydrogen) atoms. The number of rotatable bonds is 5. The van der Waals surface area contributed by atoms with Crippen LogP contribution in [0.4, 0.5) is 4.39 Å². The van der Waals surface area contributed by atoms with Crippen LogP contribution >= 0.6 is 0 Å². The number of hydrogen-bond acceptors (Lipinski definition) is 3. The van der Waals surface area contributed by atoms with Gasteiger partial charge in [0, 0.05) is 32.1 Å². The lowest BCUT2D eigenvalue weighted by Gasteiger charge is -2.35. The molecule has 1 atom stereocenters. The maximum absolute atomic E-state index is 14.3. The molecule has 2 saturated heterocycles. The maximum Gasteiger partial charge on any atom is 0.246 e. The van der Waals surface area contributed by atoms with Crippen LogP contribution in [0.25, 0.3) is 0 Å². The van der Waals surface area contributed by atoms with Crippen LogP contribution < -0.4 is 0 Å². The van der Waals surface area contributed by atoms with Crippen LogP contribution in [0.1, 0.15) is 44.1 Å². The van der Waals surface area contributed by atoms with Crippen LogP contribution in [0.3, 0.4) is 0 Å². The summed E-state index contributed by atoms with van der Waals surface area (Å²) in [6, 6.07) is 4.07. The van der Waals surface area contributed by atoms with E-state index in [1.165, 1.54) is 16.4 Å². The van der Waals surface area contributed by atoms with Crippen molar-refractivity contribution in [2.75, 3.05) is 19.6 Å². The first-order valence-electron chi connectivity index (χ1n) is 8.95. The molecule has 7 heteroatoms. The molecule has 0 radical (unpaired) electrons. The largest absolute Gasteiger partial charge is 0.343 e. The van der Waals surface area contributed by atoms with Crippen molar-refractivity contribution < 1.29 is 17.6 Å². The molecule has 0 bridgehead atoms. The lowest BCUT2D eigenvalue weighted by atomic mass is 10.0. The molecule has 1 aromatic carbocycles. The van der Waals surface area contributed by atoms with Gasteiger partial charge in [-0.3, -0.25) is 4.79 Å². The van der Waals surface area contributed by atoms with E-state index in [2.05, 4.69) is 0 Å². The predicted octanol–water partition coefficient (Wildman–Crippen LogP) is 2.69. The third-order valence-corrected chi connectivity index (χ3v) is 7.14. The maximum atomic E-state index is 14.3. The minimum absolute atomic E-state index is 0.148. The number of sulfonamides is 1. The standard InChI is InChI=1S/C18H25FN2O3S/c1-14-7-8-17(16(19)13-14)25(23,24)21-11-3-2-5-15(21)9-12-20-10-4-6-18(20)22/h7-8,13,15H,2-6,9-12H2,1H3/t15-/m0/s1. The average molecular weight is 368 g/mol. The van der Waals surface area contributed by atoms with Crippen molar-refractivity contribution in [1.82, 2.24) is 9.21 Å². The third-order valence-electron chi connectivity index (χ3n) is 5.15. The summed E-state index contributed by atoms with van der Waals surface area (Å²) in [5.41, 5.74) is 0.694. The Morgan fingerprint density at radius 3 is 2.68 bits per heavy atom. The summed E-state index contributed by atoms with van der Waals surface area (Å²) in [6.45, 7) is 3.47. The van der Waals surface area contributed by atoms with Crippen molar-refractivity contribution in [3.8, 4) is 0 Å². The van der Waals surface area contributed by atoms with E-state index in [9.17, 15) is 17.6 Å². The minimum Gasteiger partial charge on any atom is -0.343 e. The highest BCUT2D eigenvalue weighted by atomic mass is 32.2. The van der Waals surface area contributed by atoms with Crippen LogP contribution in [-0.2, 0) is 14.8 Å². The van der Waals surface area contributed by atoms with E-state index in [1.54, 1.807) is 13.0 Å². The van der Waals surface area contributed by atoms with E-state index in [-0.39, 0.29) is 16.8 Å². The molecule has 0 aliphatic carbocycles. The van der Waals surface area contributed by atoms with Gasteiger partial charge in [-0.25, -0.2) is 12.8 Å². The molecule has 0 spiro atoms. The zero-order chi connectivity index (χ0) is 18.0. The summed E-state index contributed by atoms with van der Waals surface area (Å²) in [5, 5.41) is 0. The Hall–Kier alpha value is -1.47. The van der Waals surface area contributed by atoms with Crippen LogP contribution in [-0.4, -0.2) is 49.2 Å². The number of amides is 1. The van der Waals surface area contributed by atoms with E-state index in [1.807, 2.05) is 4.90 Å². The number of halogens is 1. The van der Waals surface area contributed by atoms with Crippen molar-refractivity contribution in [2.24, 2.45) is 0 Å². The highest BCUT2D eigenvalue weighted by Crippen LogP contribution is 2.29. The van der Waals surface area contributed by atoms with Crippen molar-refractivity contribution in [1.29, 1.82) is 0 Å². The van der Waals surface area contributed by atoms with Gasteiger partial charge < -0.3 is 4.90 Å². The van der Waals surface area contributed by atoms with Gasteiger partial charge in [-0.2, -0.15) is 4.31 Å². The Bertz CT molecular complexity index is 751. The van der Waals surface area contributed by atoms with E-state index in [4.69, 9.17) is 0 Å². The molecule has 0 aromatic heterocycles. The molecule has 0 saturated carbocycles. The normalized spacial score (nSPS) is 22.6.